The van der Waals surface area contributed by atoms with E-state index >= 15 is 0 Å². The molecule has 4 rings (SSSR count). The largest absolute Gasteiger partial charge is 0.394 e. The van der Waals surface area contributed by atoms with Gasteiger partial charge in [-0.05, 0) is 31.4 Å². The topological polar surface area (TPSA) is 72.8 Å². The van der Waals surface area contributed by atoms with Crippen LogP contribution in [0.4, 0.5) is 20.4 Å². The summed E-state index contributed by atoms with van der Waals surface area (Å²) in [6.45, 7) is 2.62. The molecular formula is C21H25F2N5O2. The van der Waals surface area contributed by atoms with E-state index in [9.17, 15) is 18.7 Å². The normalized spacial score (nSPS) is 19.8. The molecule has 2 aliphatic rings. The molecule has 1 atom stereocenters. The molecule has 9 heteroatoms. The van der Waals surface area contributed by atoms with Crippen molar-refractivity contribution in [2.75, 3.05) is 49.1 Å². The van der Waals surface area contributed by atoms with Gasteiger partial charge in [-0.3, -0.25) is 4.79 Å². The zero-order valence-corrected chi connectivity index (χ0v) is 16.7. The van der Waals surface area contributed by atoms with Crippen LogP contribution in [0.15, 0.2) is 30.6 Å². The van der Waals surface area contributed by atoms with Gasteiger partial charge in [-0.2, -0.15) is 0 Å². The lowest BCUT2D eigenvalue weighted by atomic mass is 10.0. The Bertz CT molecular complexity index is 884. The molecule has 0 saturated carbocycles. The molecule has 0 bridgehead atoms. The summed E-state index contributed by atoms with van der Waals surface area (Å²) < 4.78 is 27.9. The molecule has 0 spiro atoms. The third-order valence-corrected chi connectivity index (χ3v) is 5.84. The Morgan fingerprint density at radius 1 is 1.03 bits per heavy atom. The van der Waals surface area contributed by atoms with E-state index in [1.807, 2.05) is 11.0 Å². The van der Waals surface area contributed by atoms with Crippen molar-refractivity contribution in [3.63, 3.8) is 0 Å². The zero-order chi connectivity index (χ0) is 21.1. The summed E-state index contributed by atoms with van der Waals surface area (Å²) in [6, 6.07) is 5.40. The van der Waals surface area contributed by atoms with Crippen LogP contribution in [0.3, 0.4) is 0 Å². The maximum absolute atomic E-state index is 13.9. The van der Waals surface area contributed by atoms with E-state index in [4.69, 9.17) is 0 Å². The number of rotatable bonds is 4. The molecule has 0 radical (unpaired) electrons. The Balaban J connectivity index is 1.44. The Morgan fingerprint density at radius 2 is 1.73 bits per heavy atom. The van der Waals surface area contributed by atoms with Gasteiger partial charge >= 0.3 is 0 Å². The van der Waals surface area contributed by atoms with Crippen molar-refractivity contribution >= 4 is 17.5 Å². The fraction of sp³-hybridized carbons (Fsp3) is 0.476. The van der Waals surface area contributed by atoms with Crippen LogP contribution in [-0.2, 0) is 0 Å². The van der Waals surface area contributed by atoms with E-state index in [0.717, 1.165) is 49.6 Å². The summed E-state index contributed by atoms with van der Waals surface area (Å²) in [5.74, 6) is -0.796. The van der Waals surface area contributed by atoms with Crippen LogP contribution in [-0.4, -0.2) is 71.3 Å². The first-order valence-corrected chi connectivity index (χ1v) is 10.3. The minimum atomic E-state index is -0.845. The number of halogens is 2. The summed E-state index contributed by atoms with van der Waals surface area (Å²) in [5, 5.41) is 9.67. The molecule has 1 unspecified atom stereocenters. The number of aliphatic hydroxyl groups excluding tert-OH is 1. The Hall–Kier alpha value is -2.81. The quantitative estimate of drug-likeness (QED) is 0.821. The standard InChI is InChI=1S/C21H25F2N5O2/c22-16-5-3-6-17(23)20(16)21(30)27-10-8-26(9-11-27)18-12-19(25-14-24-18)28-7-2-1-4-15(28)13-29/h3,5-6,12,14-15,29H,1-2,4,7-11,13H2. The predicted molar refractivity (Wildman–Crippen MR) is 109 cm³/mol. The van der Waals surface area contributed by atoms with Crippen LogP contribution in [0.1, 0.15) is 29.6 Å². The Labute approximate surface area is 173 Å². The number of amides is 1. The van der Waals surface area contributed by atoms with E-state index in [0.29, 0.717) is 26.2 Å². The highest BCUT2D eigenvalue weighted by atomic mass is 19.1. The summed E-state index contributed by atoms with van der Waals surface area (Å²) in [7, 11) is 0. The van der Waals surface area contributed by atoms with E-state index in [1.165, 1.54) is 17.3 Å². The monoisotopic (exact) mass is 417 g/mol. The van der Waals surface area contributed by atoms with Crippen molar-refractivity contribution in [3.05, 3.63) is 47.8 Å². The lowest BCUT2D eigenvalue weighted by Gasteiger charge is -2.37. The van der Waals surface area contributed by atoms with Gasteiger partial charge in [-0.1, -0.05) is 6.07 Å². The third kappa shape index (κ3) is 4.07. The molecule has 2 aromatic rings. The molecular weight excluding hydrogens is 392 g/mol. The van der Waals surface area contributed by atoms with Gasteiger partial charge in [-0.25, -0.2) is 18.7 Å². The first-order chi connectivity index (χ1) is 14.6. The summed E-state index contributed by atoms with van der Waals surface area (Å²) in [6.07, 6.45) is 4.60. The van der Waals surface area contributed by atoms with Crippen LogP contribution in [0.25, 0.3) is 0 Å². The molecule has 1 aromatic heterocycles. The number of hydrogen-bond donors (Lipinski definition) is 1. The number of benzene rings is 1. The number of aromatic nitrogens is 2. The molecule has 1 N–H and O–H groups in total. The van der Waals surface area contributed by atoms with E-state index in [-0.39, 0.29) is 12.6 Å². The number of anilines is 2. The highest BCUT2D eigenvalue weighted by Gasteiger charge is 2.28. The number of carbonyl (C=O) groups is 1. The summed E-state index contributed by atoms with van der Waals surface area (Å²) >= 11 is 0. The third-order valence-electron chi connectivity index (χ3n) is 5.84. The average molecular weight is 417 g/mol. The van der Waals surface area contributed by atoms with Crippen molar-refractivity contribution in [2.45, 2.75) is 25.3 Å². The SMILES string of the molecule is O=C(c1c(F)cccc1F)N1CCN(c2cc(N3CCCCC3CO)ncn2)CC1. The number of aliphatic hydroxyl groups is 1. The summed E-state index contributed by atoms with van der Waals surface area (Å²) in [4.78, 5) is 27.0. The number of hydrogen-bond acceptors (Lipinski definition) is 6. The highest BCUT2D eigenvalue weighted by molar-refractivity contribution is 5.95. The number of piperidine rings is 1. The average Bonchev–Trinajstić information content (AvgIpc) is 2.79. The van der Waals surface area contributed by atoms with Crippen molar-refractivity contribution in [1.29, 1.82) is 0 Å². The van der Waals surface area contributed by atoms with Gasteiger partial charge < -0.3 is 19.8 Å². The Kier molecular flexibility index (Phi) is 6.08. The molecule has 0 aliphatic carbocycles. The smallest absolute Gasteiger partial charge is 0.259 e. The number of carbonyl (C=O) groups excluding carboxylic acids is 1. The van der Waals surface area contributed by atoms with Gasteiger partial charge in [0.1, 0.15) is 35.2 Å². The van der Waals surface area contributed by atoms with Crippen LogP contribution in [0, 0.1) is 11.6 Å². The van der Waals surface area contributed by atoms with Crippen molar-refractivity contribution < 1.29 is 18.7 Å². The first-order valence-electron chi connectivity index (χ1n) is 10.3. The molecule has 7 nitrogen and oxygen atoms in total. The van der Waals surface area contributed by atoms with Crippen LogP contribution in [0.2, 0.25) is 0 Å². The molecule has 3 heterocycles. The fourth-order valence-corrected chi connectivity index (χ4v) is 4.16. The van der Waals surface area contributed by atoms with Gasteiger partial charge in [0.2, 0.25) is 0 Å². The zero-order valence-electron chi connectivity index (χ0n) is 16.7. The molecule has 2 aliphatic heterocycles. The predicted octanol–water partition coefficient (Wildman–Crippen LogP) is 2.07. The maximum atomic E-state index is 13.9. The van der Waals surface area contributed by atoms with Gasteiger partial charge in [0, 0.05) is 38.8 Å². The molecule has 1 amide bonds. The van der Waals surface area contributed by atoms with Crippen LogP contribution >= 0.6 is 0 Å². The molecule has 1 aromatic carbocycles. The van der Waals surface area contributed by atoms with Gasteiger partial charge in [-0.15, -0.1) is 0 Å². The van der Waals surface area contributed by atoms with E-state index < -0.39 is 23.1 Å². The molecule has 30 heavy (non-hydrogen) atoms. The lowest BCUT2D eigenvalue weighted by molar-refractivity contribution is 0.0736. The second-order valence-corrected chi connectivity index (χ2v) is 7.64. The second-order valence-electron chi connectivity index (χ2n) is 7.64. The molecule has 2 saturated heterocycles. The molecule has 2 fully saturated rings. The van der Waals surface area contributed by atoms with Crippen LogP contribution in [0.5, 0.6) is 0 Å². The van der Waals surface area contributed by atoms with Gasteiger partial charge in [0.05, 0.1) is 12.6 Å². The van der Waals surface area contributed by atoms with Crippen LogP contribution < -0.4 is 9.80 Å². The van der Waals surface area contributed by atoms with E-state index in [1.54, 1.807) is 0 Å². The van der Waals surface area contributed by atoms with Gasteiger partial charge in [0.25, 0.3) is 5.91 Å². The lowest BCUT2D eigenvalue weighted by Crippen LogP contribution is -2.49. The summed E-state index contributed by atoms with van der Waals surface area (Å²) in [5.41, 5.74) is -0.504. The minimum absolute atomic E-state index is 0.0617. The van der Waals surface area contributed by atoms with E-state index in [2.05, 4.69) is 14.9 Å². The Morgan fingerprint density at radius 3 is 2.43 bits per heavy atom. The van der Waals surface area contributed by atoms with Gasteiger partial charge in [0.15, 0.2) is 0 Å². The minimum Gasteiger partial charge on any atom is -0.394 e. The number of piperazine rings is 1. The fourth-order valence-electron chi connectivity index (χ4n) is 4.16. The second kappa shape index (κ2) is 8.91. The first kappa shape index (κ1) is 20.5. The highest BCUT2D eigenvalue weighted by Crippen LogP contribution is 2.26. The maximum Gasteiger partial charge on any atom is 0.259 e. The molecule has 160 valence electrons. The van der Waals surface area contributed by atoms with Crippen molar-refractivity contribution in [2.24, 2.45) is 0 Å². The van der Waals surface area contributed by atoms with Crippen molar-refractivity contribution in [1.82, 2.24) is 14.9 Å². The van der Waals surface area contributed by atoms with Crippen molar-refractivity contribution in [3.8, 4) is 0 Å². The number of nitrogens with zero attached hydrogens (tertiary/aromatic N) is 5.